The van der Waals surface area contributed by atoms with Gasteiger partial charge in [-0.3, -0.25) is 43.2 Å². The normalized spacial score (nSPS) is 28.0. The number of benzene rings is 1. The highest BCUT2D eigenvalue weighted by Crippen LogP contribution is 2.34. The fourth-order valence-corrected chi connectivity index (χ4v) is 8.90. The van der Waals surface area contributed by atoms with Crippen molar-refractivity contribution in [1.82, 2.24) is 41.8 Å². The summed E-state index contributed by atoms with van der Waals surface area (Å²) in [5.41, 5.74) is 1.09. The average Bonchev–Trinajstić information content (AvgIpc) is 3.81. The van der Waals surface area contributed by atoms with Crippen molar-refractivity contribution >= 4 is 75.8 Å². The minimum atomic E-state index is -1.83. The molecule has 21 nitrogen and oxygen atoms in total. The van der Waals surface area contributed by atoms with Gasteiger partial charge in [-0.2, -0.15) is 0 Å². The smallest absolute Gasteiger partial charge is 0.305 e. The molecule has 62 heavy (non-hydrogen) atoms. The Bertz CT molecular complexity index is 2060. The second kappa shape index (κ2) is 21.0. The Morgan fingerprint density at radius 3 is 2.23 bits per heavy atom. The molecule has 5 rings (SSSR count). The Morgan fingerprint density at radius 1 is 0.871 bits per heavy atom. The van der Waals surface area contributed by atoms with Crippen LogP contribution in [0.5, 0.6) is 0 Å². The van der Waals surface area contributed by atoms with Crippen molar-refractivity contribution < 1.29 is 63.6 Å². The number of nitrogens with one attached hydrogen (secondary N) is 7. The van der Waals surface area contributed by atoms with Crippen molar-refractivity contribution in [2.75, 3.05) is 32.0 Å². The minimum absolute atomic E-state index is 0.165. The number of carboxylic acids is 1. The van der Waals surface area contributed by atoms with E-state index in [0.29, 0.717) is 27.9 Å². The summed E-state index contributed by atoms with van der Waals surface area (Å²) in [5, 5.41) is 57.2. The molecule has 0 aliphatic carbocycles. The van der Waals surface area contributed by atoms with Crippen LogP contribution < -0.4 is 31.9 Å². The van der Waals surface area contributed by atoms with Crippen LogP contribution in [0.4, 0.5) is 0 Å². The largest absolute Gasteiger partial charge is 0.481 e. The van der Waals surface area contributed by atoms with Gasteiger partial charge >= 0.3 is 5.97 Å². The number of hydrogen-bond donors (Lipinski definition) is 11. The Hall–Kier alpha value is -5.58. The van der Waals surface area contributed by atoms with Crippen LogP contribution in [0.3, 0.4) is 0 Å². The zero-order valence-electron chi connectivity index (χ0n) is 34.5. The highest BCUT2D eigenvalue weighted by Gasteiger charge is 2.45. The lowest BCUT2D eigenvalue weighted by Crippen LogP contribution is -2.59. The number of aromatic nitrogens is 1. The first-order valence-electron chi connectivity index (χ1n) is 20.4. The summed E-state index contributed by atoms with van der Waals surface area (Å²) in [6.45, 7) is 2.27. The zero-order chi connectivity index (χ0) is 45.4. The molecule has 1 fully saturated rings. The number of H-pyrrole nitrogens is 1. The van der Waals surface area contributed by atoms with Crippen LogP contribution in [0.15, 0.2) is 29.3 Å². The molecule has 1 saturated heterocycles. The lowest BCUT2D eigenvalue weighted by atomic mass is 9.85. The van der Waals surface area contributed by atoms with Gasteiger partial charge in [0.2, 0.25) is 41.4 Å². The van der Waals surface area contributed by atoms with E-state index in [-0.39, 0.29) is 18.6 Å². The van der Waals surface area contributed by atoms with Crippen molar-refractivity contribution in [3.05, 3.63) is 29.8 Å². The van der Waals surface area contributed by atoms with Gasteiger partial charge in [0.25, 0.3) is 0 Å². The first kappa shape index (κ1) is 47.5. The number of thioether (sulfide) groups is 1. The van der Waals surface area contributed by atoms with Crippen LogP contribution in [0.1, 0.15) is 52.0 Å². The molecule has 22 heteroatoms. The summed E-state index contributed by atoms with van der Waals surface area (Å²) >= 11 is 1.03. The van der Waals surface area contributed by atoms with Gasteiger partial charge < -0.3 is 62.2 Å². The number of fused-ring (bicyclic) bond motifs is 5. The summed E-state index contributed by atoms with van der Waals surface area (Å²) in [7, 11) is 0. The number of para-hydroxylation sites is 1. The number of hydrogen-bond acceptors (Lipinski definition) is 13. The zero-order valence-corrected chi connectivity index (χ0v) is 35.3. The molecular weight excluding hydrogens is 833 g/mol. The van der Waals surface area contributed by atoms with Gasteiger partial charge in [-0.25, -0.2) is 0 Å². The highest BCUT2D eigenvalue weighted by molar-refractivity contribution is 7.99. The Balaban J connectivity index is 1.69. The van der Waals surface area contributed by atoms with Crippen LogP contribution in [-0.4, -0.2) is 158 Å². The lowest BCUT2D eigenvalue weighted by Gasteiger charge is -2.32. The van der Waals surface area contributed by atoms with Crippen LogP contribution in [0, 0.1) is 17.8 Å². The van der Waals surface area contributed by atoms with E-state index in [1.54, 1.807) is 38.1 Å². The Labute approximate surface area is 360 Å². The van der Waals surface area contributed by atoms with Gasteiger partial charge in [0, 0.05) is 47.9 Å². The molecule has 4 unspecified atom stereocenters. The fourth-order valence-electron chi connectivity index (χ4n) is 7.78. The predicted octanol–water partition coefficient (Wildman–Crippen LogP) is -2.95. The maximum Gasteiger partial charge on any atom is 0.305 e. The van der Waals surface area contributed by atoms with E-state index in [1.807, 2.05) is 0 Å². The predicted molar refractivity (Wildman–Crippen MR) is 220 cm³/mol. The number of aromatic amines is 1. The number of aliphatic hydroxyl groups excluding tert-OH is 3. The summed E-state index contributed by atoms with van der Waals surface area (Å²) < 4.78 is 0. The number of amides is 7. The Morgan fingerprint density at radius 2 is 1.55 bits per heavy atom. The summed E-state index contributed by atoms with van der Waals surface area (Å²) in [4.78, 5) is 127. The molecule has 10 atom stereocenters. The first-order chi connectivity index (χ1) is 29.4. The Kier molecular flexibility index (Phi) is 16.1. The molecule has 3 aliphatic rings. The third kappa shape index (κ3) is 11.5. The monoisotopic (exact) mass is 886 g/mol. The van der Waals surface area contributed by atoms with Crippen molar-refractivity contribution in [1.29, 1.82) is 0 Å². The number of Topliss-reactive ketones (excluding diaryl/α,β-unsaturated/α-hetero) is 1. The second-order valence-electron chi connectivity index (χ2n) is 16.0. The summed E-state index contributed by atoms with van der Waals surface area (Å²) in [6.07, 6.45) is -4.54. The number of rotatable bonds is 7. The number of carbonyl (C=O) groups excluding carboxylic acids is 8. The van der Waals surface area contributed by atoms with E-state index in [9.17, 15) is 63.6 Å². The topological polar surface area (TPSA) is 326 Å². The van der Waals surface area contributed by atoms with Gasteiger partial charge in [-0.15, -0.1) is 11.8 Å². The van der Waals surface area contributed by atoms with Crippen molar-refractivity contribution in [2.24, 2.45) is 17.8 Å². The SMILES string of the molecule is CC[C@H](C)[C@@H]1NC(=O)CNC(=O)[C@H]2CC(=O)[C@H](C(C)[C@@H](O)CO)NC(=O)[C@@H]3CC(O)CN3C(=O)C(CC(=O)O)NC(=O)C(CSc3[nH]c4ccccc4c3C2)NC(=O)CNC1=O. The minimum Gasteiger partial charge on any atom is -0.481 e. The van der Waals surface area contributed by atoms with Crippen LogP contribution in [0.2, 0.25) is 0 Å². The van der Waals surface area contributed by atoms with E-state index in [2.05, 4.69) is 36.9 Å². The highest BCUT2D eigenvalue weighted by atomic mass is 32.2. The maximum absolute atomic E-state index is 14.5. The van der Waals surface area contributed by atoms with Crippen molar-refractivity contribution in [3.8, 4) is 0 Å². The van der Waals surface area contributed by atoms with Gasteiger partial charge in [-0.05, 0) is 24.0 Å². The molecule has 0 radical (unpaired) electrons. The number of aliphatic hydroxyl groups is 3. The average molecular weight is 887 g/mol. The number of carbonyl (C=O) groups is 9. The van der Waals surface area contributed by atoms with Crippen molar-refractivity contribution in [2.45, 2.75) is 100 Å². The van der Waals surface area contributed by atoms with Gasteiger partial charge in [0.15, 0.2) is 5.78 Å². The van der Waals surface area contributed by atoms with Gasteiger partial charge in [0.1, 0.15) is 24.2 Å². The van der Waals surface area contributed by atoms with Crippen LogP contribution in [-0.2, 0) is 49.6 Å². The van der Waals surface area contributed by atoms with Crippen molar-refractivity contribution in [3.63, 3.8) is 0 Å². The number of carboxylic acid groups (broad SMARTS) is 1. The van der Waals surface area contributed by atoms with Crippen LogP contribution in [0.25, 0.3) is 10.9 Å². The first-order valence-corrected chi connectivity index (χ1v) is 21.4. The summed E-state index contributed by atoms with van der Waals surface area (Å²) in [6, 6.07) is -0.613. The number of aliphatic carboxylic acids is 1. The lowest BCUT2D eigenvalue weighted by molar-refractivity contribution is -0.146. The molecule has 11 N–H and O–H groups in total. The second-order valence-corrected chi connectivity index (χ2v) is 17.0. The number of nitrogens with zero attached hydrogens (tertiary/aromatic N) is 1. The molecule has 1 aromatic heterocycles. The molecule has 0 spiro atoms. The molecule has 1 aromatic carbocycles. The fraction of sp³-hybridized carbons (Fsp3) is 0.575. The quantitative estimate of drug-likeness (QED) is 0.133. The maximum atomic E-state index is 14.5. The van der Waals surface area contributed by atoms with Crippen LogP contribution >= 0.6 is 11.8 Å². The molecule has 338 valence electrons. The molecule has 0 saturated carbocycles. The van der Waals surface area contributed by atoms with E-state index in [1.165, 1.54) is 6.92 Å². The van der Waals surface area contributed by atoms with E-state index in [4.69, 9.17) is 0 Å². The number of ketones is 1. The molecule has 2 aromatic rings. The third-order valence-corrected chi connectivity index (χ3v) is 12.7. The van der Waals surface area contributed by atoms with E-state index < -0.39 is 152 Å². The van der Waals surface area contributed by atoms with Gasteiger partial charge in [0.05, 0.1) is 49.4 Å². The molecule has 3 aliphatic heterocycles. The molecule has 2 bridgehead atoms. The van der Waals surface area contributed by atoms with E-state index >= 15 is 0 Å². The third-order valence-electron chi connectivity index (χ3n) is 11.6. The molecule has 4 heterocycles. The molecule has 7 amide bonds. The van der Waals surface area contributed by atoms with E-state index in [0.717, 1.165) is 16.7 Å². The standard InChI is InChI=1S/C40H54N8O13S/c1-4-18(2)33-38(60)42-13-30(53)43-26-17-62-39-23(22-7-5-6-8-24(22)45-39)9-20(35(57)41-14-31(54)46-33)10-28(51)34(19(3)29(52)16-49)47-37(59)27-11-21(50)15-48(27)40(61)25(12-32(55)56)44-36(26)58/h5-8,18-21,25-27,29,33-34,45,49-50,52H,4,9-17H2,1-3H3,(H,41,57)(H,42,60)(H,43,53)(H,44,58)(H,46,54)(H,47,59)(H,55,56)/t18-,19?,20+,21?,25?,26?,27-,29-,33-,34-/m0/s1. The molecular formula is C40H54N8O13S. The van der Waals surface area contributed by atoms with Gasteiger partial charge in [-0.1, -0.05) is 45.4 Å². The summed E-state index contributed by atoms with van der Waals surface area (Å²) in [5.74, 6) is -11.6.